The third kappa shape index (κ3) is 3.80. The predicted molar refractivity (Wildman–Crippen MR) is 126 cm³/mol. The minimum absolute atomic E-state index is 0.208. The molecule has 6 nitrogen and oxygen atoms in total. The lowest BCUT2D eigenvalue weighted by molar-refractivity contribution is 0.336. The molecule has 0 saturated carbocycles. The van der Waals surface area contributed by atoms with Crippen molar-refractivity contribution in [2.75, 3.05) is 12.3 Å². The highest BCUT2D eigenvalue weighted by molar-refractivity contribution is 6.33. The molecule has 4 aromatic rings. The molecule has 3 heterocycles. The van der Waals surface area contributed by atoms with Crippen LogP contribution in [0.1, 0.15) is 36.7 Å². The van der Waals surface area contributed by atoms with E-state index in [1.54, 1.807) is 24.7 Å². The smallest absolute Gasteiger partial charge is 0.158 e. The van der Waals surface area contributed by atoms with Crippen LogP contribution in [0.2, 0.25) is 15.3 Å². The SMILES string of the molecule is CCOc1c(C(C)c2nc(Cl)c3c(N)nccn23)cc(Cl)c(C)c1-c1ccc(Cl)nc1. The molecule has 2 N–H and O–H groups in total. The third-order valence-corrected chi connectivity index (χ3v) is 6.11. The monoisotopic (exact) mass is 475 g/mol. The normalized spacial score (nSPS) is 12.3. The van der Waals surface area contributed by atoms with Gasteiger partial charge in [0.1, 0.15) is 22.2 Å². The fourth-order valence-corrected chi connectivity index (χ4v) is 4.32. The van der Waals surface area contributed by atoms with Crippen LogP contribution in [0.4, 0.5) is 5.82 Å². The van der Waals surface area contributed by atoms with Crippen molar-refractivity contribution in [1.29, 1.82) is 0 Å². The van der Waals surface area contributed by atoms with Crippen molar-refractivity contribution in [3.8, 4) is 16.9 Å². The molecule has 1 atom stereocenters. The Balaban J connectivity index is 1.97. The number of nitrogens with two attached hydrogens (primary N) is 1. The zero-order chi connectivity index (χ0) is 22.3. The summed E-state index contributed by atoms with van der Waals surface area (Å²) < 4.78 is 8.00. The maximum atomic E-state index is 6.67. The molecular weight excluding hydrogens is 457 g/mol. The van der Waals surface area contributed by atoms with Gasteiger partial charge in [-0.2, -0.15) is 0 Å². The van der Waals surface area contributed by atoms with Crippen LogP contribution < -0.4 is 10.5 Å². The molecule has 0 aliphatic heterocycles. The average Bonchev–Trinajstić information content (AvgIpc) is 3.09. The summed E-state index contributed by atoms with van der Waals surface area (Å²) in [6, 6.07) is 5.56. The lowest BCUT2D eigenvalue weighted by Gasteiger charge is -2.22. The maximum Gasteiger partial charge on any atom is 0.158 e. The van der Waals surface area contributed by atoms with Crippen LogP contribution in [0.25, 0.3) is 16.6 Å². The Labute approximate surface area is 195 Å². The Morgan fingerprint density at radius 2 is 1.97 bits per heavy atom. The first-order chi connectivity index (χ1) is 14.8. The zero-order valence-electron chi connectivity index (χ0n) is 17.2. The van der Waals surface area contributed by atoms with Gasteiger partial charge in [-0.15, -0.1) is 0 Å². The van der Waals surface area contributed by atoms with Crippen LogP contribution in [-0.4, -0.2) is 26.0 Å². The van der Waals surface area contributed by atoms with Crippen molar-refractivity contribution in [2.45, 2.75) is 26.7 Å². The molecule has 31 heavy (non-hydrogen) atoms. The van der Waals surface area contributed by atoms with E-state index in [0.29, 0.717) is 39.1 Å². The van der Waals surface area contributed by atoms with E-state index < -0.39 is 0 Å². The summed E-state index contributed by atoms with van der Waals surface area (Å²) in [6.45, 7) is 6.40. The van der Waals surface area contributed by atoms with Crippen molar-refractivity contribution in [3.05, 3.63) is 69.1 Å². The van der Waals surface area contributed by atoms with Gasteiger partial charge >= 0.3 is 0 Å². The van der Waals surface area contributed by atoms with E-state index in [-0.39, 0.29) is 5.92 Å². The summed E-state index contributed by atoms with van der Waals surface area (Å²) in [6.07, 6.45) is 5.12. The number of pyridine rings is 1. The van der Waals surface area contributed by atoms with E-state index >= 15 is 0 Å². The number of aromatic nitrogens is 4. The van der Waals surface area contributed by atoms with Crippen LogP contribution in [0.5, 0.6) is 5.75 Å². The van der Waals surface area contributed by atoms with Crippen molar-refractivity contribution >= 4 is 46.1 Å². The highest BCUT2D eigenvalue weighted by Crippen LogP contribution is 2.44. The van der Waals surface area contributed by atoms with Gasteiger partial charge in [0.15, 0.2) is 11.0 Å². The summed E-state index contributed by atoms with van der Waals surface area (Å²) in [5.41, 5.74) is 10.1. The second kappa shape index (κ2) is 8.54. The van der Waals surface area contributed by atoms with E-state index in [4.69, 9.17) is 45.3 Å². The lowest BCUT2D eigenvalue weighted by atomic mass is 9.91. The van der Waals surface area contributed by atoms with Crippen molar-refractivity contribution in [3.63, 3.8) is 0 Å². The Morgan fingerprint density at radius 3 is 2.65 bits per heavy atom. The first-order valence-corrected chi connectivity index (χ1v) is 10.8. The number of anilines is 1. The molecule has 4 rings (SSSR count). The van der Waals surface area contributed by atoms with Crippen LogP contribution in [0.3, 0.4) is 0 Å². The number of hydrogen-bond acceptors (Lipinski definition) is 5. The third-order valence-electron chi connectivity index (χ3n) is 5.23. The van der Waals surface area contributed by atoms with Gasteiger partial charge < -0.3 is 10.5 Å². The topological polar surface area (TPSA) is 78.3 Å². The van der Waals surface area contributed by atoms with Crippen molar-refractivity contribution in [2.24, 2.45) is 0 Å². The molecule has 0 spiro atoms. The molecule has 0 amide bonds. The van der Waals surface area contributed by atoms with Gasteiger partial charge in [-0.3, -0.25) is 4.40 Å². The van der Waals surface area contributed by atoms with Gasteiger partial charge in [0.05, 0.1) is 6.61 Å². The first kappa shape index (κ1) is 21.7. The van der Waals surface area contributed by atoms with Crippen LogP contribution in [0.15, 0.2) is 36.8 Å². The van der Waals surface area contributed by atoms with E-state index in [2.05, 4.69) is 15.0 Å². The quantitative estimate of drug-likeness (QED) is 0.347. The van der Waals surface area contributed by atoms with E-state index in [1.165, 1.54) is 0 Å². The van der Waals surface area contributed by atoms with Crippen LogP contribution in [-0.2, 0) is 0 Å². The molecule has 1 unspecified atom stereocenters. The number of hydrogen-bond donors (Lipinski definition) is 1. The number of rotatable bonds is 5. The molecule has 0 bridgehead atoms. The number of nitrogen functional groups attached to an aromatic ring is 1. The van der Waals surface area contributed by atoms with Crippen LogP contribution >= 0.6 is 34.8 Å². The van der Waals surface area contributed by atoms with Gasteiger partial charge in [-0.1, -0.05) is 41.7 Å². The predicted octanol–water partition coefficient (Wildman–Crippen LogP) is 6.19. The summed E-state index contributed by atoms with van der Waals surface area (Å²) in [5.74, 6) is 1.53. The minimum Gasteiger partial charge on any atom is -0.493 e. The zero-order valence-corrected chi connectivity index (χ0v) is 19.4. The Bertz CT molecular complexity index is 1270. The number of halogens is 3. The van der Waals surface area contributed by atoms with Gasteiger partial charge in [0.2, 0.25) is 0 Å². The highest BCUT2D eigenvalue weighted by atomic mass is 35.5. The molecule has 0 radical (unpaired) electrons. The first-order valence-electron chi connectivity index (χ1n) is 9.69. The fraction of sp³-hybridized carbons (Fsp3) is 0.227. The summed E-state index contributed by atoms with van der Waals surface area (Å²) in [7, 11) is 0. The summed E-state index contributed by atoms with van der Waals surface area (Å²) in [4.78, 5) is 12.9. The molecule has 0 fully saturated rings. The lowest BCUT2D eigenvalue weighted by Crippen LogP contribution is -2.08. The van der Waals surface area contributed by atoms with Gasteiger partial charge in [0, 0.05) is 46.2 Å². The van der Waals surface area contributed by atoms with Gasteiger partial charge in [-0.05, 0) is 37.6 Å². The number of fused-ring (bicyclic) bond motifs is 1. The van der Waals surface area contributed by atoms with E-state index in [9.17, 15) is 0 Å². The Morgan fingerprint density at radius 1 is 1.19 bits per heavy atom. The van der Waals surface area contributed by atoms with E-state index in [0.717, 1.165) is 28.0 Å². The van der Waals surface area contributed by atoms with Gasteiger partial charge in [-0.25, -0.2) is 15.0 Å². The minimum atomic E-state index is -0.208. The largest absolute Gasteiger partial charge is 0.493 e. The Hall–Kier alpha value is -2.54. The molecular formula is C22H20Cl3N5O. The second-order valence-electron chi connectivity index (χ2n) is 7.09. The average molecular weight is 477 g/mol. The van der Waals surface area contributed by atoms with Crippen molar-refractivity contribution < 1.29 is 4.74 Å². The molecule has 3 aromatic heterocycles. The van der Waals surface area contributed by atoms with Crippen LogP contribution in [0, 0.1) is 6.92 Å². The maximum absolute atomic E-state index is 6.67. The van der Waals surface area contributed by atoms with E-state index in [1.807, 2.05) is 37.3 Å². The molecule has 9 heteroatoms. The second-order valence-corrected chi connectivity index (χ2v) is 8.25. The van der Waals surface area contributed by atoms with Crippen molar-refractivity contribution in [1.82, 2.24) is 19.4 Å². The number of benzene rings is 1. The standard InChI is InChI=1S/C22H20Cl3N5O/c1-4-31-19-14(9-15(23)12(3)17(19)13-5-6-16(24)28-10-13)11(2)22-29-20(25)18-21(26)27-7-8-30(18)22/h5-11H,4H2,1-3H3,(H2,26,27). The Kier molecular flexibility index (Phi) is 5.97. The molecule has 0 aliphatic carbocycles. The summed E-state index contributed by atoms with van der Waals surface area (Å²) >= 11 is 19.0. The highest BCUT2D eigenvalue weighted by Gasteiger charge is 2.26. The molecule has 160 valence electrons. The molecule has 0 saturated heterocycles. The molecule has 1 aromatic carbocycles. The number of nitrogens with zero attached hydrogens (tertiary/aromatic N) is 4. The fourth-order valence-electron chi connectivity index (χ4n) is 3.72. The van der Waals surface area contributed by atoms with Gasteiger partial charge in [0.25, 0.3) is 0 Å². The molecule has 0 aliphatic rings. The summed E-state index contributed by atoms with van der Waals surface area (Å²) in [5, 5.41) is 1.33. The number of ether oxygens (including phenoxy) is 1. The number of imidazole rings is 1.